The van der Waals surface area contributed by atoms with Crippen LogP contribution in [0, 0.1) is 5.92 Å². The van der Waals surface area contributed by atoms with Gasteiger partial charge in [-0.15, -0.1) is 16.7 Å². The van der Waals surface area contributed by atoms with E-state index in [1.165, 1.54) is 5.57 Å². The minimum atomic E-state index is -0.357. The fourth-order valence-electron chi connectivity index (χ4n) is 1.89. The quantitative estimate of drug-likeness (QED) is 0.536. The maximum absolute atomic E-state index is 6.39. The molecule has 0 radical (unpaired) electrons. The average Bonchev–Trinajstić information content (AvgIpc) is 2.65. The van der Waals surface area contributed by atoms with E-state index in [4.69, 9.17) is 11.6 Å². The Morgan fingerprint density at radius 1 is 1.47 bits per heavy atom. The number of fused-ring (bicyclic) bond motifs is 1. The van der Waals surface area contributed by atoms with Gasteiger partial charge in [0, 0.05) is 0 Å². The van der Waals surface area contributed by atoms with Crippen molar-refractivity contribution in [3.63, 3.8) is 0 Å². The van der Waals surface area contributed by atoms with Crippen LogP contribution in [0.2, 0.25) is 0 Å². The lowest BCUT2D eigenvalue weighted by molar-refractivity contribution is 0.821. The molecule has 0 aliphatic heterocycles. The van der Waals surface area contributed by atoms with Gasteiger partial charge >= 0.3 is 0 Å². The second-order valence-corrected chi connectivity index (χ2v) is 4.56. The molecule has 0 bridgehead atoms. The molecule has 1 aromatic rings. The first-order valence-corrected chi connectivity index (χ1v) is 5.27. The highest BCUT2D eigenvalue weighted by Crippen LogP contribution is 2.49. The highest BCUT2D eigenvalue weighted by atomic mass is 35.5. The lowest BCUT2D eigenvalue weighted by atomic mass is 10.1. The van der Waals surface area contributed by atoms with Crippen LogP contribution in [-0.4, -0.2) is 19.9 Å². The number of aromatic nitrogens is 3. The molecule has 2 aliphatic carbocycles. The topological polar surface area (TPSA) is 30.7 Å². The molecule has 0 aromatic carbocycles. The molecular formula is C11H10ClN3. The summed E-state index contributed by atoms with van der Waals surface area (Å²) in [6.45, 7) is 2.14. The molecule has 2 aliphatic rings. The van der Waals surface area contributed by atoms with Gasteiger partial charge in [-0.3, -0.25) is 0 Å². The minimum Gasteiger partial charge on any atom is -0.221 e. The molecule has 4 heteroatoms. The summed E-state index contributed by atoms with van der Waals surface area (Å²) in [4.78, 5) is -0.357. The summed E-state index contributed by atoms with van der Waals surface area (Å²) in [5, 5.41) is 7.74. The smallest absolute Gasteiger partial charge is 0.105 e. The van der Waals surface area contributed by atoms with Crippen LogP contribution in [-0.2, 0) is 0 Å². The Hall–Kier alpha value is -1.35. The Bertz CT molecular complexity index is 484. The van der Waals surface area contributed by atoms with Crippen molar-refractivity contribution < 1.29 is 0 Å². The van der Waals surface area contributed by atoms with E-state index in [-0.39, 0.29) is 4.87 Å². The zero-order valence-corrected chi connectivity index (χ0v) is 9.02. The Morgan fingerprint density at radius 3 is 3.07 bits per heavy atom. The molecule has 0 saturated carbocycles. The molecule has 15 heavy (non-hydrogen) atoms. The van der Waals surface area contributed by atoms with Gasteiger partial charge in [-0.1, -0.05) is 24.3 Å². The summed E-state index contributed by atoms with van der Waals surface area (Å²) >= 11 is 6.39. The van der Waals surface area contributed by atoms with Crippen LogP contribution < -0.4 is 0 Å². The number of rotatable bonds is 1. The Balaban J connectivity index is 2.03. The van der Waals surface area contributed by atoms with Gasteiger partial charge in [0.1, 0.15) is 4.87 Å². The van der Waals surface area contributed by atoms with Gasteiger partial charge in [0.05, 0.1) is 18.1 Å². The van der Waals surface area contributed by atoms with Crippen LogP contribution in [0.4, 0.5) is 0 Å². The van der Waals surface area contributed by atoms with Crippen LogP contribution in [0.25, 0.3) is 5.70 Å². The van der Waals surface area contributed by atoms with E-state index in [0.29, 0.717) is 5.92 Å². The van der Waals surface area contributed by atoms with E-state index < -0.39 is 0 Å². The number of nitrogens with zero attached hydrogens (tertiary/aromatic N) is 3. The van der Waals surface area contributed by atoms with Crippen LogP contribution >= 0.6 is 11.6 Å². The van der Waals surface area contributed by atoms with Crippen molar-refractivity contribution in [2.45, 2.75) is 11.8 Å². The largest absolute Gasteiger partial charge is 0.221 e. The second-order valence-electron chi connectivity index (χ2n) is 3.93. The number of allylic oxidation sites excluding steroid dienone is 6. The molecule has 1 heterocycles. The first kappa shape index (κ1) is 8.92. The van der Waals surface area contributed by atoms with E-state index in [1.54, 1.807) is 10.9 Å². The molecule has 3 nitrogen and oxygen atoms in total. The lowest BCUT2D eigenvalue weighted by Crippen LogP contribution is -2.04. The standard InChI is InChI=1S/C11H10ClN3/c1-8-2-3-9(15-5-4-13-14-15)6-11(12)7-10(8)11/h2-8H,1H3. The summed E-state index contributed by atoms with van der Waals surface area (Å²) in [6.07, 6.45) is 11.7. The average molecular weight is 220 g/mol. The number of halogens is 1. The van der Waals surface area contributed by atoms with Crippen LogP contribution in [0.1, 0.15) is 6.92 Å². The van der Waals surface area contributed by atoms with Crippen molar-refractivity contribution in [3.8, 4) is 0 Å². The normalized spacial score (nSPS) is 32.8. The Labute approximate surface area is 92.7 Å². The second kappa shape index (κ2) is 2.83. The lowest BCUT2D eigenvalue weighted by Gasteiger charge is -2.06. The predicted octanol–water partition coefficient (Wildman–Crippen LogP) is 2.24. The Morgan fingerprint density at radius 2 is 2.33 bits per heavy atom. The molecule has 1 aromatic heterocycles. The molecule has 0 amide bonds. The third-order valence-corrected chi connectivity index (χ3v) is 3.25. The molecule has 3 rings (SSSR count). The van der Waals surface area contributed by atoms with Crippen molar-refractivity contribution in [3.05, 3.63) is 42.3 Å². The van der Waals surface area contributed by atoms with Crippen molar-refractivity contribution in [2.24, 2.45) is 5.92 Å². The van der Waals surface area contributed by atoms with Crippen LogP contribution in [0.5, 0.6) is 0 Å². The first-order chi connectivity index (χ1) is 7.19. The zero-order valence-electron chi connectivity index (χ0n) is 8.26. The monoisotopic (exact) mass is 219 g/mol. The predicted molar refractivity (Wildman–Crippen MR) is 59.3 cm³/mol. The van der Waals surface area contributed by atoms with Crippen molar-refractivity contribution in [1.29, 1.82) is 0 Å². The maximum Gasteiger partial charge on any atom is 0.105 e. The van der Waals surface area contributed by atoms with Gasteiger partial charge in [0.25, 0.3) is 0 Å². The summed E-state index contributed by atoms with van der Waals surface area (Å²) in [6, 6.07) is 0. The summed E-state index contributed by atoms with van der Waals surface area (Å²) in [5.74, 6) is 0.403. The highest BCUT2D eigenvalue weighted by Gasteiger charge is 2.43. The molecule has 0 N–H and O–H groups in total. The van der Waals surface area contributed by atoms with Crippen LogP contribution in [0.3, 0.4) is 0 Å². The summed E-state index contributed by atoms with van der Waals surface area (Å²) in [5.41, 5.74) is 2.24. The van der Waals surface area contributed by atoms with E-state index in [1.807, 2.05) is 18.3 Å². The fourth-order valence-corrected chi connectivity index (χ4v) is 2.30. The molecule has 0 spiro atoms. The molecule has 2 atom stereocenters. The number of hydrogen-bond acceptors (Lipinski definition) is 2. The summed E-state index contributed by atoms with van der Waals surface area (Å²) in [7, 11) is 0. The molecule has 2 unspecified atom stereocenters. The first-order valence-electron chi connectivity index (χ1n) is 4.89. The van der Waals surface area contributed by atoms with Gasteiger partial charge in [-0.05, 0) is 23.6 Å². The molecule has 0 saturated heterocycles. The SMILES string of the molecule is CC1C=CC(n2ccnn2)=CC2(Cl)C=C12. The van der Waals surface area contributed by atoms with Gasteiger partial charge in [0.15, 0.2) is 0 Å². The van der Waals surface area contributed by atoms with E-state index in [0.717, 1.165) is 5.70 Å². The van der Waals surface area contributed by atoms with Crippen molar-refractivity contribution in [1.82, 2.24) is 15.0 Å². The Kier molecular flexibility index (Phi) is 1.68. The van der Waals surface area contributed by atoms with E-state index in [2.05, 4.69) is 29.4 Å². The van der Waals surface area contributed by atoms with Gasteiger partial charge in [-0.2, -0.15) is 0 Å². The van der Waals surface area contributed by atoms with Crippen molar-refractivity contribution in [2.75, 3.05) is 0 Å². The zero-order chi connectivity index (χ0) is 10.5. The number of hydrogen-bond donors (Lipinski definition) is 0. The van der Waals surface area contributed by atoms with Gasteiger partial charge < -0.3 is 0 Å². The van der Waals surface area contributed by atoms with Gasteiger partial charge in [0.2, 0.25) is 0 Å². The summed E-state index contributed by atoms with van der Waals surface area (Å²) < 4.78 is 1.72. The highest BCUT2D eigenvalue weighted by molar-refractivity contribution is 6.32. The molecule has 0 fully saturated rings. The van der Waals surface area contributed by atoms with E-state index >= 15 is 0 Å². The minimum absolute atomic E-state index is 0.357. The maximum atomic E-state index is 6.39. The van der Waals surface area contributed by atoms with Gasteiger partial charge in [-0.25, -0.2) is 4.68 Å². The number of alkyl halides is 1. The third-order valence-electron chi connectivity index (χ3n) is 2.82. The van der Waals surface area contributed by atoms with E-state index in [9.17, 15) is 0 Å². The fraction of sp³-hybridized carbons (Fsp3) is 0.273. The molecule has 76 valence electrons. The molecular weight excluding hydrogens is 210 g/mol. The van der Waals surface area contributed by atoms with Crippen LogP contribution in [0.15, 0.2) is 42.3 Å². The van der Waals surface area contributed by atoms with Crippen molar-refractivity contribution >= 4 is 17.3 Å². The third kappa shape index (κ3) is 1.35.